The van der Waals surface area contributed by atoms with Crippen LogP contribution in [0.5, 0.6) is 0 Å². The second-order valence-electron chi connectivity index (χ2n) is 11.0. The Morgan fingerprint density at radius 2 is 1.58 bits per heavy atom. The lowest BCUT2D eigenvalue weighted by Gasteiger charge is -2.43. The zero-order valence-corrected chi connectivity index (χ0v) is 27.2. The van der Waals surface area contributed by atoms with E-state index >= 15 is 0 Å². The number of hydrogen-bond acceptors (Lipinski definition) is 9. The molecule has 3 N–H and O–H groups in total. The average molecular weight is 672 g/mol. The standard InChI is InChI=1S/C28H34Cl3FN8O2S/c1-17-12-23(20(30)14-26(17)40-6-4-18(5-7-40)39-10-8-38(2)9-11-39)35-28-33-16-21(31)27(36-28)34-24-13-19(29)22(32)15-25(24)37-43(3,41)42/h12-16,18,37H,4-11H2,1-3H3,(H2,33,34,35,36). The third kappa shape index (κ3) is 7.92. The van der Waals surface area contributed by atoms with Crippen LogP contribution in [0.25, 0.3) is 0 Å². The topological polar surface area (TPSA) is 106 Å². The molecule has 0 bridgehead atoms. The summed E-state index contributed by atoms with van der Waals surface area (Å²) in [5, 5.41) is 6.51. The molecule has 1 aromatic heterocycles. The van der Waals surface area contributed by atoms with Crippen molar-refractivity contribution in [1.82, 2.24) is 19.8 Å². The SMILES string of the molecule is Cc1cc(Nc2ncc(Cl)c(Nc3cc(Cl)c(F)cc3NS(C)(=O)=O)n2)c(Cl)cc1N1CCC(N2CCN(C)CC2)CC1. The number of piperazine rings is 1. The number of nitrogens with one attached hydrogen (secondary N) is 3. The Hall–Kier alpha value is -2.61. The van der Waals surface area contributed by atoms with E-state index in [1.54, 1.807) is 0 Å². The minimum absolute atomic E-state index is 0.0598. The lowest BCUT2D eigenvalue weighted by molar-refractivity contribution is 0.0982. The van der Waals surface area contributed by atoms with Gasteiger partial charge in [-0.3, -0.25) is 9.62 Å². The molecule has 0 radical (unpaired) electrons. The predicted molar refractivity (Wildman–Crippen MR) is 174 cm³/mol. The van der Waals surface area contributed by atoms with Crippen molar-refractivity contribution in [1.29, 1.82) is 0 Å². The van der Waals surface area contributed by atoms with Crippen LogP contribution in [0.2, 0.25) is 15.1 Å². The van der Waals surface area contributed by atoms with E-state index in [2.05, 4.69) is 47.1 Å². The molecule has 2 saturated heterocycles. The normalized spacial score (nSPS) is 17.2. The number of piperidine rings is 1. The largest absolute Gasteiger partial charge is 0.371 e. The van der Waals surface area contributed by atoms with Gasteiger partial charge in [-0.1, -0.05) is 34.8 Å². The maximum absolute atomic E-state index is 14.1. The number of aromatic nitrogens is 2. The molecule has 0 amide bonds. The van der Waals surface area contributed by atoms with Crippen molar-refractivity contribution in [3.05, 3.63) is 56.9 Å². The second-order valence-corrected chi connectivity index (χ2v) is 14.0. The van der Waals surface area contributed by atoms with Crippen molar-refractivity contribution in [2.24, 2.45) is 0 Å². The first kappa shape index (κ1) is 31.8. The number of sulfonamides is 1. The summed E-state index contributed by atoms with van der Waals surface area (Å²) in [5.41, 5.74) is 2.88. The number of rotatable bonds is 8. The summed E-state index contributed by atoms with van der Waals surface area (Å²) in [4.78, 5) is 16.1. The number of likely N-dealkylation sites (N-methyl/N-ethyl adjacent to an activating group) is 1. The maximum atomic E-state index is 14.1. The summed E-state index contributed by atoms with van der Waals surface area (Å²) in [6.45, 7) is 8.51. The van der Waals surface area contributed by atoms with Gasteiger partial charge in [0.15, 0.2) is 5.82 Å². The van der Waals surface area contributed by atoms with E-state index in [1.807, 2.05) is 19.1 Å². The van der Waals surface area contributed by atoms with Crippen LogP contribution in [0.3, 0.4) is 0 Å². The highest BCUT2D eigenvalue weighted by Gasteiger charge is 2.27. The highest BCUT2D eigenvalue weighted by Crippen LogP contribution is 2.36. The Kier molecular flexibility index (Phi) is 9.74. The van der Waals surface area contributed by atoms with E-state index in [0.29, 0.717) is 16.8 Å². The molecule has 3 heterocycles. The Balaban J connectivity index is 1.30. The highest BCUT2D eigenvalue weighted by atomic mass is 35.5. The second kappa shape index (κ2) is 13.2. The Morgan fingerprint density at radius 1 is 0.884 bits per heavy atom. The lowest BCUT2D eigenvalue weighted by Crippen LogP contribution is -2.52. The van der Waals surface area contributed by atoms with Gasteiger partial charge in [-0.05, 0) is 50.6 Å². The van der Waals surface area contributed by atoms with Crippen LogP contribution in [0, 0.1) is 12.7 Å². The van der Waals surface area contributed by atoms with Gasteiger partial charge in [-0.15, -0.1) is 0 Å². The van der Waals surface area contributed by atoms with Gasteiger partial charge in [0.1, 0.15) is 10.8 Å². The van der Waals surface area contributed by atoms with Crippen molar-refractivity contribution in [2.45, 2.75) is 25.8 Å². The number of anilines is 6. The molecule has 0 atom stereocenters. The van der Waals surface area contributed by atoms with Gasteiger partial charge in [0.05, 0.1) is 39.6 Å². The van der Waals surface area contributed by atoms with Crippen molar-refractivity contribution >= 4 is 79.3 Å². The molecule has 232 valence electrons. The maximum Gasteiger partial charge on any atom is 0.229 e. The van der Waals surface area contributed by atoms with Gasteiger partial charge in [0, 0.05) is 57.1 Å². The molecule has 2 aromatic carbocycles. The van der Waals surface area contributed by atoms with E-state index in [4.69, 9.17) is 34.8 Å². The number of aryl methyl sites for hydroxylation is 1. The van der Waals surface area contributed by atoms with E-state index in [-0.39, 0.29) is 33.2 Å². The number of halogens is 4. The van der Waals surface area contributed by atoms with E-state index in [9.17, 15) is 12.8 Å². The molecule has 2 aliphatic rings. The van der Waals surface area contributed by atoms with Crippen LogP contribution in [0.15, 0.2) is 30.5 Å². The smallest absolute Gasteiger partial charge is 0.229 e. The minimum Gasteiger partial charge on any atom is -0.371 e. The predicted octanol–water partition coefficient (Wildman–Crippen LogP) is 5.96. The molecule has 0 saturated carbocycles. The van der Waals surface area contributed by atoms with Crippen LogP contribution in [0.4, 0.5) is 38.9 Å². The molecule has 5 rings (SSSR count). The average Bonchev–Trinajstić information content (AvgIpc) is 2.95. The fourth-order valence-electron chi connectivity index (χ4n) is 5.46. The zero-order chi connectivity index (χ0) is 30.9. The third-order valence-electron chi connectivity index (χ3n) is 7.74. The van der Waals surface area contributed by atoms with Crippen LogP contribution in [-0.4, -0.2) is 86.8 Å². The zero-order valence-electron chi connectivity index (χ0n) is 24.1. The fourth-order valence-corrected chi connectivity index (χ4v) is 6.54. The summed E-state index contributed by atoms with van der Waals surface area (Å²) in [6, 6.07) is 6.76. The van der Waals surface area contributed by atoms with E-state index in [0.717, 1.165) is 75.7 Å². The Labute approximate surface area is 266 Å². The summed E-state index contributed by atoms with van der Waals surface area (Å²) < 4.78 is 40.0. The molecule has 43 heavy (non-hydrogen) atoms. The van der Waals surface area contributed by atoms with Crippen molar-refractivity contribution < 1.29 is 12.8 Å². The third-order valence-corrected chi connectivity index (χ3v) is 9.21. The molecule has 2 fully saturated rings. The molecule has 2 aliphatic heterocycles. The molecule has 0 spiro atoms. The summed E-state index contributed by atoms with van der Waals surface area (Å²) in [6.07, 6.45) is 4.58. The van der Waals surface area contributed by atoms with Crippen LogP contribution in [0.1, 0.15) is 18.4 Å². The van der Waals surface area contributed by atoms with Crippen LogP contribution in [-0.2, 0) is 10.0 Å². The monoisotopic (exact) mass is 670 g/mol. The first-order chi connectivity index (χ1) is 20.4. The molecule has 0 aliphatic carbocycles. The van der Waals surface area contributed by atoms with Gasteiger partial charge in [-0.2, -0.15) is 4.98 Å². The van der Waals surface area contributed by atoms with Gasteiger partial charge < -0.3 is 20.4 Å². The summed E-state index contributed by atoms with van der Waals surface area (Å²) >= 11 is 19.0. The van der Waals surface area contributed by atoms with Gasteiger partial charge in [-0.25, -0.2) is 17.8 Å². The first-order valence-corrected chi connectivity index (χ1v) is 16.9. The van der Waals surface area contributed by atoms with E-state index in [1.165, 1.54) is 12.3 Å². The fraction of sp³-hybridized carbons (Fsp3) is 0.429. The summed E-state index contributed by atoms with van der Waals surface area (Å²) in [7, 11) is -1.53. The summed E-state index contributed by atoms with van der Waals surface area (Å²) in [5.74, 6) is -0.451. The Bertz CT molecular complexity index is 1600. The van der Waals surface area contributed by atoms with Crippen molar-refractivity contribution in [3.8, 4) is 0 Å². The molecule has 15 heteroatoms. The molecular formula is C28H34Cl3FN8O2S. The van der Waals surface area contributed by atoms with Gasteiger partial charge in [0.2, 0.25) is 16.0 Å². The van der Waals surface area contributed by atoms with Crippen molar-refractivity contribution in [3.63, 3.8) is 0 Å². The van der Waals surface area contributed by atoms with Gasteiger partial charge >= 0.3 is 0 Å². The van der Waals surface area contributed by atoms with Crippen LogP contribution < -0.4 is 20.3 Å². The number of benzene rings is 2. The number of nitrogens with zero attached hydrogens (tertiary/aromatic N) is 5. The quantitative estimate of drug-likeness (QED) is 0.268. The van der Waals surface area contributed by atoms with Crippen molar-refractivity contribution in [2.75, 3.05) is 72.8 Å². The minimum atomic E-state index is -3.71. The Morgan fingerprint density at radius 3 is 2.26 bits per heavy atom. The molecule has 10 nitrogen and oxygen atoms in total. The lowest BCUT2D eigenvalue weighted by atomic mass is 10.0. The highest BCUT2D eigenvalue weighted by molar-refractivity contribution is 7.92. The van der Waals surface area contributed by atoms with Crippen LogP contribution >= 0.6 is 34.8 Å². The molecule has 3 aromatic rings. The van der Waals surface area contributed by atoms with Gasteiger partial charge in [0.25, 0.3) is 0 Å². The first-order valence-electron chi connectivity index (χ1n) is 13.9. The van der Waals surface area contributed by atoms with E-state index < -0.39 is 15.8 Å². The number of hydrogen-bond donors (Lipinski definition) is 3. The molecule has 0 unspecified atom stereocenters. The molecular weight excluding hydrogens is 638 g/mol.